The molecule has 1 aromatic carbocycles. The van der Waals surface area contributed by atoms with Crippen LogP contribution in [0, 0.1) is 0 Å². The lowest BCUT2D eigenvalue weighted by atomic mass is 9.80. The van der Waals surface area contributed by atoms with Crippen LogP contribution in [0.25, 0.3) is 0 Å². The van der Waals surface area contributed by atoms with E-state index in [-0.39, 0.29) is 5.41 Å². The van der Waals surface area contributed by atoms with Crippen molar-refractivity contribution in [2.45, 2.75) is 19.3 Å². The summed E-state index contributed by atoms with van der Waals surface area (Å²) in [5, 5.41) is 6.84. The minimum Gasteiger partial charge on any atom is -0.285 e. The lowest BCUT2D eigenvalue weighted by Gasteiger charge is -2.23. The Hall–Kier alpha value is -1.57. The molecule has 2 aromatic rings. The quantitative estimate of drug-likeness (QED) is 0.767. The Morgan fingerprint density at radius 3 is 2.36 bits per heavy atom. The maximum Gasteiger partial charge on any atom is 0.0528 e. The number of nitrogens with one attached hydrogen (secondary N) is 1. The van der Waals surface area contributed by atoms with Gasteiger partial charge in [-0.25, -0.2) is 0 Å². The van der Waals surface area contributed by atoms with Crippen LogP contribution in [0.15, 0.2) is 42.7 Å². The fourth-order valence-corrected chi connectivity index (χ4v) is 1.61. The minimum absolute atomic E-state index is 0.0221. The van der Waals surface area contributed by atoms with Crippen LogP contribution in [-0.4, -0.2) is 10.2 Å². The largest absolute Gasteiger partial charge is 0.285 e. The topological polar surface area (TPSA) is 28.7 Å². The predicted octanol–water partition coefficient (Wildman–Crippen LogP) is 2.74. The molecule has 72 valence electrons. The summed E-state index contributed by atoms with van der Waals surface area (Å²) in [5.74, 6) is 0. The normalized spacial score (nSPS) is 11.6. The summed E-state index contributed by atoms with van der Waals surface area (Å²) in [6.45, 7) is 4.40. The van der Waals surface area contributed by atoms with Crippen molar-refractivity contribution in [2.24, 2.45) is 0 Å². The van der Waals surface area contributed by atoms with Crippen molar-refractivity contribution in [1.82, 2.24) is 10.2 Å². The number of aromatic amines is 1. The highest BCUT2D eigenvalue weighted by molar-refractivity contribution is 5.34. The van der Waals surface area contributed by atoms with Crippen molar-refractivity contribution in [2.75, 3.05) is 0 Å². The molecule has 0 atom stereocenters. The van der Waals surface area contributed by atoms with Gasteiger partial charge in [0.15, 0.2) is 0 Å². The number of hydrogen-bond donors (Lipinski definition) is 1. The maximum absolute atomic E-state index is 3.99. The first-order chi connectivity index (χ1) is 6.71. The molecule has 0 aliphatic carbocycles. The van der Waals surface area contributed by atoms with Crippen LogP contribution in [0.5, 0.6) is 0 Å². The van der Waals surface area contributed by atoms with E-state index in [9.17, 15) is 0 Å². The monoisotopic (exact) mass is 186 g/mol. The Kier molecular flexibility index (Phi) is 2.12. The first-order valence-corrected chi connectivity index (χ1v) is 4.76. The van der Waals surface area contributed by atoms with Crippen LogP contribution in [-0.2, 0) is 5.41 Å². The molecule has 0 saturated carbocycles. The van der Waals surface area contributed by atoms with E-state index in [2.05, 4.69) is 48.3 Å². The second-order valence-electron chi connectivity index (χ2n) is 3.98. The Labute approximate surface area is 84.0 Å². The van der Waals surface area contributed by atoms with Crippen molar-refractivity contribution < 1.29 is 0 Å². The number of H-pyrrole nitrogens is 1. The Morgan fingerprint density at radius 2 is 1.79 bits per heavy atom. The zero-order valence-corrected chi connectivity index (χ0v) is 8.49. The van der Waals surface area contributed by atoms with Gasteiger partial charge in [0, 0.05) is 11.6 Å². The van der Waals surface area contributed by atoms with Gasteiger partial charge in [-0.1, -0.05) is 44.2 Å². The van der Waals surface area contributed by atoms with E-state index in [1.54, 1.807) is 0 Å². The molecule has 0 radical (unpaired) electrons. The van der Waals surface area contributed by atoms with Gasteiger partial charge in [-0.2, -0.15) is 5.10 Å². The van der Waals surface area contributed by atoms with E-state index in [1.165, 1.54) is 11.1 Å². The summed E-state index contributed by atoms with van der Waals surface area (Å²) in [6.07, 6.45) is 3.83. The van der Waals surface area contributed by atoms with Gasteiger partial charge >= 0.3 is 0 Å². The van der Waals surface area contributed by atoms with Gasteiger partial charge in [-0.3, -0.25) is 5.10 Å². The molecule has 1 N–H and O–H groups in total. The van der Waals surface area contributed by atoms with Crippen LogP contribution in [0.3, 0.4) is 0 Å². The lowest BCUT2D eigenvalue weighted by molar-refractivity contribution is 0.641. The van der Waals surface area contributed by atoms with Crippen LogP contribution < -0.4 is 0 Å². The van der Waals surface area contributed by atoms with E-state index in [4.69, 9.17) is 0 Å². The van der Waals surface area contributed by atoms with Gasteiger partial charge in [0.25, 0.3) is 0 Å². The molecule has 0 saturated heterocycles. The average Bonchev–Trinajstić information content (AvgIpc) is 2.72. The molecule has 0 aliphatic heterocycles. The number of rotatable bonds is 2. The highest BCUT2D eigenvalue weighted by Gasteiger charge is 2.23. The van der Waals surface area contributed by atoms with Crippen molar-refractivity contribution >= 4 is 0 Å². The Bertz CT molecular complexity index is 388. The fourth-order valence-electron chi connectivity index (χ4n) is 1.61. The third-order valence-corrected chi connectivity index (χ3v) is 2.72. The van der Waals surface area contributed by atoms with E-state index >= 15 is 0 Å². The van der Waals surface area contributed by atoms with Crippen LogP contribution in [0.1, 0.15) is 25.0 Å². The number of aromatic nitrogens is 2. The fraction of sp³-hybridized carbons (Fsp3) is 0.250. The number of benzene rings is 1. The van der Waals surface area contributed by atoms with Gasteiger partial charge in [0.2, 0.25) is 0 Å². The van der Waals surface area contributed by atoms with Gasteiger partial charge in [0.1, 0.15) is 0 Å². The van der Waals surface area contributed by atoms with E-state index < -0.39 is 0 Å². The standard InChI is InChI=1S/C12H14N2/c1-12(2,11-8-13-14-9-11)10-6-4-3-5-7-10/h3-9H,1-2H3,(H,13,14). The zero-order chi connectivity index (χ0) is 10.0. The van der Waals surface area contributed by atoms with Gasteiger partial charge in [-0.15, -0.1) is 0 Å². The van der Waals surface area contributed by atoms with Gasteiger partial charge in [0.05, 0.1) is 6.20 Å². The highest BCUT2D eigenvalue weighted by atomic mass is 15.1. The third kappa shape index (κ3) is 1.43. The maximum atomic E-state index is 3.99. The van der Waals surface area contributed by atoms with E-state index in [1.807, 2.05) is 18.5 Å². The molecule has 0 spiro atoms. The first kappa shape index (κ1) is 9.00. The summed E-state index contributed by atoms with van der Waals surface area (Å²) in [7, 11) is 0. The Morgan fingerprint density at radius 1 is 1.07 bits per heavy atom. The molecule has 2 rings (SSSR count). The molecule has 0 bridgehead atoms. The van der Waals surface area contributed by atoms with Crippen molar-refractivity contribution in [3.05, 3.63) is 53.9 Å². The molecule has 14 heavy (non-hydrogen) atoms. The zero-order valence-electron chi connectivity index (χ0n) is 8.49. The predicted molar refractivity (Wildman–Crippen MR) is 57.2 cm³/mol. The van der Waals surface area contributed by atoms with Crippen molar-refractivity contribution in [1.29, 1.82) is 0 Å². The van der Waals surface area contributed by atoms with Gasteiger partial charge in [-0.05, 0) is 11.1 Å². The number of hydrogen-bond acceptors (Lipinski definition) is 1. The average molecular weight is 186 g/mol. The van der Waals surface area contributed by atoms with E-state index in [0.29, 0.717) is 0 Å². The highest BCUT2D eigenvalue weighted by Crippen LogP contribution is 2.29. The van der Waals surface area contributed by atoms with Crippen molar-refractivity contribution in [3.63, 3.8) is 0 Å². The Balaban J connectivity index is 2.43. The molecule has 2 heteroatoms. The number of nitrogens with zero attached hydrogens (tertiary/aromatic N) is 1. The third-order valence-electron chi connectivity index (χ3n) is 2.72. The molecule has 1 aromatic heterocycles. The summed E-state index contributed by atoms with van der Waals surface area (Å²) in [4.78, 5) is 0. The second kappa shape index (κ2) is 3.29. The molecule has 2 nitrogen and oxygen atoms in total. The molecular formula is C12H14N2. The summed E-state index contributed by atoms with van der Waals surface area (Å²) >= 11 is 0. The molecule has 0 amide bonds. The lowest BCUT2D eigenvalue weighted by Crippen LogP contribution is -2.17. The second-order valence-corrected chi connectivity index (χ2v) is 3.98. The molecule has 0 fully saturated rings. The van der Waals surface area contributed by atoms with Gasteiger partial charge < -0.3 is 0 Å². The van der Waals surface area contributed by atoms with E-state index in [0.717, 1.165) is 0 Å². The summed E-state index contributed by atoms with van der Waals surface area (Å²) < 4.78 is 0. The molecule has 0 unspecified atom stereocenters. The molecule has 1 heterocycles. The smallest absolute Gasteiger partial charge is 0.0528 e. The molecular weight excluding hydrogens is 172 g/mol. The minimum atomic E-state index is 0.0221. The SMILES string of the molecule is CC(C)(c1ccccc1)c1cn[nH]c1. The summed E-state index contributed by atoms with van der Waals surface area (Å²) in [6, 6.07) is 10.5. The van der Waals surface area contributed by atoms with Crippen LogP contribution >= 0.6 is 0 Å². The van der Waals surface area contributed by atoms with Crippen molar-refractivity contribution in [3.8, 4) is 0 Å². The summed E-state index contributed by atoms with van der Waals surface area (Å²) in [5.41, 5.74) is 2.54. The first-order valence-electron chi connectivity index (χ1n) is 4.76. The van der Waals surface area contributed by atoms with Crippen LogP contribution in [0.2, 0.25) is 0 Å². The van der Waals surface area contributed by atoms with Crippen LogP contribution in [0.4, 0.5) is 0 Å². The molecule has 0 aliphatic rings.